The first kappa shape index (κ1) is 28.8. The van der Waals surface area contributed by atoms with Gasteiger partial charge >= 0.3 is 0 Å². The van der Waals surface area contributed by atoms with Crippen molar-refractivity contribution in [1.29, 1.82) is 0 Å². The number of halogens is 2. The summed E-state index contributed by atoms with van der Waals surface area (Å²) in [5.41, 5.74) is 2.71. The molecule has 2 aliphatic rings. The standard InChI is InChI=1S/C32H38Cl2N4O2/c1-2-6-28(39)15-23-9-13-37(14-10-23)22-24-16-30(25-18-26(33)20-27(34)19-25)36-32(17-24)40-29-7-8-31(35-21-29)38-11-4-3-5-12-38/h7-8,16-21,23H,2-6,9-15,22H2,1H3. The number of hydrogen-bond donors (Lipinski definition) is 0. The van der Waals surface area contributed by atoms with Crippen LogP contribution in [0.5, 0.6) is 11.6 Å². The Bertz CT molecular complexity index is 1270. The van der Waals surface area contributed by atoms with Gasteiger partial charge in [0, 0.05) is 54.2 Å². The summed E-state index contributed by atoms with van der Waals surface area (Å²) in [6, 6.07) is 13.5. The number of anilines is 1. The van der Waals surface area contributed by atoms with E-state index in [1.807, 2.05) is 30.3 Å². The van der Waals surface area contributed by atoms with E-state index in [-0.39, 0.29) is 0 Å². The number of pyridine rings is 2. The van der Waals surface area contributed by atoms with Crippen LogP contribution in [0.15, 0.2) is 48.7 Å². The highest BCUT2D eigenvalue weighted by molar-refractivity contribution is 6.35. The van der Waals surface area contributed by atoms with Gasteiger partial charge in [0.25, 0.3) is 0 Å². The van der Waals surface area contributed by atoms with E-state index in [0.29, 0.717) is 39.8 Å². The Morgan fingerprint density at radius 3 is 2.40 bits per heavy atom. The first-order chi connectivity index (χ1) is 19.4. The number of piperidine rings is 2. The molecule has 0 N–H and O–H groups in total. The maximum Gasteiger partial charge on any atom is 0.220 e. The van der Waals surface area contributed by atoms with Gasteiger partial charge in [-0.05, 0) is 99.5 Å². The lowest BCUT2D eigenvalue weighted by atomic mass is 9.90. The maximum atomic E-state index is 12.1. The third-order valence-electron chi connectivity index (χ3n) is 7.80. The van der Waals surface area contributed by atoms with Crippen molar-refractivity contribution in [3.8, 4) is 22.9 Å². The van der Waals surface area contributed by atoms with Crippen molar-refractivity contribution >= 4 is 34.8 Å². The van der Waals surface area contributed by atoms with Crippen LogP contribution in [0.2, 0.25) is 10.0 Å². The Hall–Kier alpha value is -2.67. The highest BCUT2D eigenvalue weighted by atomic mass is 35.5. The van der Waals surface area contributed by atoms with Crippen molar-refractivity contribution in [1.82, 2.24) is 14.9 Å². The van der Waals surface area contributed by atoms with Gasteiger partial charge in [-0.1, -0.05) is 30.1 Å². The van der Waals surface area contributed by atoms with Gasteiger partial charge < -0.3 is 9.64 Å². The summed E-state index contributed by atoms with van der Waals surface area (Å²) in [7, 11) is 0. The number of rotatable bonds is 10. The summed E-state index contributed by atoms with van der Waals surface area (Å²) >= 11 is 12.7. The Morgan fingerprint density at radius 1 is 0.975 bits per heavy atom. The minimum atomic E-state index is 0.403. The van der Waals surface area contributed by atoms with Crippen molar-refractivity contribution in [3.05, 3.63) is 64.3 Å². The Kier molecular flexibility index (Phi) is 9.95. The van der Waals surface area contributed by atoms with E-state index in [9.17, 15) is 4.79 Å². The van der Waals surface area contributed by atoms with Crippen LogP contribution in [0, 0.1) is 5.92 Å². The summed E-state index contributed by atoms with van der Waals surface area (Å²) in [6.07, 6.45) is 9.94. The van der Waals surface area contributed by atoms with Crippen molar-refractivity contribution in [2.75, 3.05) is 31.1 Å². The number of Topliss-reactive ketones (excluding diaryl/α,β-unsaturated/α-hetero) is 1. The van der Waals surface area contributed by atoms with Gasteiger partial charge in [-0.3, -0.25) is 9.69 Å². The first-order valence-corrected chi connectivity index (χ1v) is 15.3. The van der Waals surface area contributed by atoms with Crippen molar-refractivity contribution in [2.45, 2.75) is 64.8 Å². The average molecular weight is 582 g/mol. The lowest BCUT2D eigenvalue weighted by Gasteiger charge is -2.31. The number of nitrogens with zero attached hydrogens (tertiary/aromatic N) is 4. The van der Waals surface area contributed by atoms with Gasteiger partial charge in [-0.25, -0.2) is 9.97 Å². The molecule has 2 fully saturated rings. The third kappa shape index (κ3) is 7.96. The molecule has 0 aliphatic carbocycles. The van der Waals surface area contributed by atoms with E-state index < -0.39 is 0 Å². The van der Waals surface area contributed by atoms with E-state index in [1.165, 1.54) is 19.3 Å². The SMILES string of the molecule is CCCC(=O)CC1CCN(Cc2cc(Oc3ccc(N4CCCCC4)nc3)nc(-c3cc(Cl)cc(Cl)c3)c2)CC1. The predicted octanol–water partition coefficient (Wildman–Crippen LogP) is 8.20. The summed E-state index contributed by atoms with van der Waals surface area (Å²) in [5.74, 6) is 3.05. The van der Waals surface area contributed by atoms with Crippen LogP contribution < -0.4 is 9.64 Å². The van der Waals surface area contributed by atoms with Gasteiger partial charge in [0.2, 0.25) is 5.88 Å². The zero-order valence-electron chi connectivity index (χ0n) is 23.2. The molecule has 2 saturated heterocycles. The molecule has 6 nitrogen and oxygen atoms in total. The molecule has 8 heteroatoms. The van der Waals surface area contributed by atoms with Crippen LogP contribution in [-0.4, -0.2) is 46.8 Å². The van der Waals surface area contributed by atoms with Crippen LogP contribution in [0.25, 0.3) is 11.3 Å². The number of benzene rings is 1. The van der Waals surface area contributed by atoms with Crippen molar-refractivity contribution in [2.24, 2.45) is 5.92 Å². The molecule has 5 rings (SSSR count). The molecular weight excluding hydrogens is 543 g/mol. The number of ether oxygens (including phenoxy) is 1. The monoisotopic (exact) mass is 580 g/mol. The largest absolute Gasteiger partial charge is 0.437 e. The Balaban J connectivity index is 1.32. The van der Waals surface area contributed by atoms with Gasteiger partial charge in [-0.2, -0.15) is 0 Å². The molecule has 0 unspecified atom stereocenters. The number of hydrogen-bond acceptors (Lipinski definition) is 6. The average Bonchev–Trinajstić information content (AvgIpc) is 2.94. The zero-order chi connectivity index (χ0) is 27.9. The molecule has 0 bridgehead atoms. The van der Waals surface area contributed by atoms with Crippen LogP contribution in [-0.2, 0) is 11.3 Å². The van der Waals surface area contributed by atoms with E-state index in [2.05, 4.69) is 27.8 Å². The van der Waals surface area contributed by atoms with Crippen molar-refractivity contribution < 1.29 is 9.53 Å². The van der Waals surface area contributed by atoms with Crippen LogP contribution in [0.3, 0.4) is 0 Å². The second-order valence-corrected chi connectivity index (χ2v) is 11.9. The molecule has 0 radical (unpaired) electrons. The van der Waals surface area contributed by atoms with Gasteiger partial charge in [0.15, 0.2) is 0 Å². The molecule has 0 spiro atoms. The summed E-state index contributed by atoms with van der Waals surface area (Å²) in [5, 5.41) is 1.13. The fourth-order valence-corrected chi connectivity index (χ4v) is 6.25. The van der Waals surface area contributed by atoms with E-state index in [1.54, 1.807) is 12.3 Å². The summed E-state index contributed by atoms with van der Waals surface area (Å²) in [4.78, 5) is 26.4. The normalized spacial score (nSPS) is 16.7. The van der Waals surface area contributed by atoms with E-state index in [4.69, 9.17) is 32.9 Å². The third-order valence-corrected chi connectivity index (χ3v) is 8.24. The maximum absolute atomic E-state index is 12.1. The minimum Gasteiger partial charge on any atom is -0.437 e. The molecule has 2 aromatic heterocycles. The molecule has 212 valence electrons. The van der Waals surface area contributed by atoms with Crippen LogP contribution in [0.4, 0.5) is 5.82 Å². The highest BCUT2D eigenvalue weighted by Gasteiger charge is 2.22. The van der Waals surface area contributed by atoms with Crippen molar-refractivity contribution in [3.63, 3.8) is 0 Å². The lowest BCUT2D eigenvalue weighted by molar-refractivity contribution is -0.120. The molecule has 0 atom stereocenters. The minimum absolute atomic E-state index is 0.403. The molecule has 2 aliphatic heterocycles. The fraction of sp³-hybridized carbons (Fsp3) is 0.469. The number of ketones is 1. The number of carbonyl (C=O) groups excluding carboxylic acids is 1. The number of aromatic nitrogens is 2. The molecule has 0 amide bonds. The second kappa shape index (κ2) is 13.8. The smallest absolute Gasteiger partial charge is 0.220 e. The molecule has 4 heterocycles. The summed E-state index contributed by atoms with van der Waals surface area (Å²) in [6.45, 7) is 6.90. The van der Waals surface area contributed by atoms with E-state index in [0.717, 1.165) is 81.0 Å². The zero-order valence-corrected chi connectivity index (χ0v) is 24.8. The number of likely N-dealkylation sites (tertiary alicyclic amines) is 1. The topological polar surface area (TPSA) is 58.6 Å². The molecule has 40 heavy (non-hydrogen) atoms. The fourth-order valence-electron chi connectivity index (χ4n) is 5.73. The molecule has 3 aromatic rings. The summed E-state index contributed by atoms with van der Waals surface area (Å²) < 4.78 is 6.24. The van der Waals surface area contributed by atoms with Gasteiger partial charge in [-0.15, -0.1) is 0 Å². The highest BCUT2D eigenvalue weighted by Crippen LogP contribution is 2.31. The van der Waals surface area contributed by atoms with Gasteiger partial charge in [0.1, 0.15) is 17.4 Å². The number of carbonyl (C=O) groups is 1. The molecule has 0 saturated carbocycles. The van der Waals surface area contributed by atoms with Crippen LogP contribution >= 0.6 is 23.2 Å². The predicted molar refractivity (Wildman–Crippen MR) is 163 cm³/mol. The first-order valence-electron chi connectivity index (χ1n) is 14.6. The lowest BCUT2D eigenvalue weighted by Crippen LogP contribution is -2.33. The van der Waals surface area contributed by atoms with Crippen LogP contribution in [0.1, 0.15) is 63.9 Å². The quantitative estimate of drug-likeness (QED) is 0.241. The molecular formula is C32H38Cl2N4O2. The van der Waals surface area contributed by atoms with Gasteiger partial charge in [0.05, 0.1) is 11.9 Å². The van der Waals surface area contributed by atoms with E-state index >= 15 is 0 Å². The second-order valence-electron chi connectivity index (χ2n) is 11.1. The Morgan fingerprint density at radius 2 is 1.73 bits per heavy atom. The molecule has 1 aromatic carbocycles. The Labute approximate surface area is 247 Å².